The average molecular weight is 285 g/mol. The van der Waals surface area contributed by atoms with Gasteiger partial charge >= 0.3 is 5.97 Å². The summed E-state index contributed by atoms with van der Waals surface area (Å²) in [4.78, 5) is 11.6. The van der Waals surface area contributed by atoms with Crippen LogP contribution in [0.2, 0.25) is 0 Å². The van der Waals surface area contributed by atoms with Crippen LogP contribution in [0.15, 0.2) is 24.3 Å². The molecule has 1 aliphatic rings. The highest BCUT2D eigenvalue weighted by molar-refractivity contribution is 5.72. The third-order valence-electron chi connectivity index (χ3n) is 4.11. The van der Waals surface area contributed by atoms with E-state index in [1.54, 1.807) is 0 Å². The molecule has 0 N–H and O–H groups in total. The van der Waals surface area contributed by atoms with E-state index < -0.39 is 0 Å². The van der Waals surface area contributed by atoms with Gasteiger partial charge < -0.3 is 9.30 Å². The Hall–Kier alpha value is -2.17. The molecule has 1 atom stereocenters. The SMILES string of the molecule is CCc1ccc(-c2nnc3n2CCC(C(=O)OC)C3)cc1. The number of carbonyl (C=O) groups is 1. The smallest absolute Gasteiger partial charge is 0.309 e. The molecule has 0 amide bonds. The van der Waals surface area contributed by atoms with Crippen LogP contribution in [0.3, 0.4) is 0 Å². The Kier molecular flexibility index (Phi) is 3.73. The van der Waals surface area contributed by atoms with Crippen molar-refractivity contribution in [2.45, 2.75) is 32.7 Å². The molecule has 0 aliphatic carbocycles. The molecular weight excluding hydrogens is 266 g/mol. The molecule has 2 aromatic rings. The van der Waals surface area contributed by atoms with E-state index in [2.05, 4.69) is 46.0 Å². The van der Waals surface area contributed by atoms with Gasteiger partial charge in [-0.3, -0.25) is 4.79 Å². The molecule has 3 rings (SSSR count). The summed E-state index contributed by atoms with van der Waals surface area (Å²) < 4.78 is 6.94. The summed E-state index contributed by atoms with van der Waals surface area (Å²) >= 11 is 0. The Morgan fingerprint density at radius 1 is 1.33 bits per heavy atom. The molecule has 0 bridgehead atoms. The topological polar surface area (TPSA) is 57.0 Å². The minimum atomic E-state index is -0.155. The Balaban J connectivity index is 1.87. The molecule has 0 saturated heterocycles. The van der Waals surface area contributed by atoms with Gasteiger partial charge in [0.1, 0.15) is 5.82 Å². The lowest BCUT2D eigenvalue weighted by atomic mass is 9.97. The molecule has 0 spiro atoms. The Morgan fingerprint density at radius 2 is 2.10 bits per heavy atom. The molecule has 1 unspecified atom stereocenters. The van der Waals surface area contributed by atoms with Gasteiger partial charge in [-0.05, 0) is 18.4 Å². The van der Waals surface area contributed by atoms with Crippen molar-refractivity contribution in [2.75, 3.05) is 7.11 Å². The van der Waals surface area contributed by atoms with Crippen molar-refractivity contribution in [3.05, 3.63) is 35.7 Å². The van der Waals surface area contributed by atoms with Crippen molar-refractivity contribution in [1.82, 2.24) is 14.8 Å². The van der Waals surface area contributed by atoms with Gasteiger partial charge in [-0.15, -0.1) is 10.2 Å². The second-order valence-corrected chi connectivity index (χ2v) is 5.35. The van der Waals surface area contributed by atoms with Crippen molar-refractivity contribution < 1.29 is 9.53 Å². The Morgan fingerprint density at radius 3 is 2.76 bits per heavy atom. The van der Waals surface area contributed by atoms with E-state index in [0.29, 0.717) is 6.42 Å². The number of carbonyl (C=O) groups excluding carboxylic acids is 1. The first kappa shape index (κ1) is 13.8. The number of hydrogen-bond acceptors (Lipinski definition) is 4. The quantitative estimate of drug-likeness (QED) is 0.812. The van der Waals surface area contributed by atoms with Crippen LogP contribution in [0.4, 0.5) is 0 Å². The van der Waals surface area contributed by atoms with Crippen LogP contribution in [0, 0.1) is 5.92 Å². The van der Waals surface area contributed by atoms with Gasteiger partial charge in [0.25, 0.3) is 0 Å². The molecule has 0 fully saturated rings. The molecule has 110 valence electrons. The molecule has 0 saturated carbocycles. The first-order valence-corrected chi connectivity index (χ1v) is 7.32. The van der Waals surface area contributed by atoms with Crippen LogP contribution < -0.4 is 0 Å². The van der Waals surface area contributed by atoms with E-state index in [1.165, 1.54) is 12.7 Å². The van der Waals surface area contributed by atoms with E-state index in [0.717, 1.165) is 36.6 Å². The van der Waals surface area contributed by atoms with E-state index in [4.69, 9.17) is 4.74 Å². The largest absolute Gasteiger partial charge is 0.469 e. The number of esters is 1. The van der Waals surface area contributed by atoms with Crippen LogP contribution in [-0.4, -0.2) is 27.8 Å². The minimum Gasteiger partial charge on any atom is -0.469 e. The maximum Gasteiger partial charge on any atom is 0.309 e. The number of benzene rings is 1. The Bertz CT molecular complexity index is 646. The molecule has 5 nitrogen and oxygen atoms in total. The lowest BCUT2D eigenvalue weighted by molar-refractivity contribution is -0.146. The fourth-order valence-electron chi connectivity index (χ4n) is 2.80. The predicted molar refractivity (Wildman–Crippen MR) is 78.7 cm³/mol. The number of hydrogen-bond donors (Lipinski definition) is 0. The van der Waals surface area contributed by atoms with Gasteiger partial charge in [-0.25, -0.2) is 0 Å². The summed E-state index contributed by atoms with van der Waals surface area (Å²) in [5, 5.41) is 8.55. The van der Waals surface area contributed by atoms with Crippen molar-refractivity contribution in [3.63, 3.8) is 0 Å². The van der Waals surface area contributed by atoms with Crippen LogP contribution in [0.25, 0.3) is 11.4 Å². The normalized spacial score (nSPS) is 17.3. The fourth-order valence-corrected chi connectivity index (χ4v) is 2.80. The maximum atomic E-state index is 11.6. The maximum absolute atomic E-state index is 11.6. The second kappa shape index (κ2) is 5.68. The molecule has 5 heteroatoms. The van der Waals surface area contributed by atoms with Gasteiger partial charge in [-0.1, -0.05) is 31.2 Å². The standard InChI is InChI=1S/C16H19N3O2/c1-3-11-4-6-12(7-5-11)15-18-17-14-10-13(16(20)21-2)8-9-19(14)15/h4-7,13H,3,8-10H2,1-2H3. The van der Waals surface area contributed by atoms with Gasteiger partial charge in [0.2, 0.25) is 0 Å². The number of ether oxygens (including phenoxy) is 1. The summed E-state index contributed by atoms with van der Waals surface area (Å²) in [6, 6.07) is 8.42. The molecule has 2 heterocycles. The summed E-state index contributed by atoms with van der Waals surface area (Å²) in [7, 11) is 1.43. The van der Waals surface area contributed by atoms with Crippen molar-refractivity contribution in [2.24, 2.45) is 5.92 Å². The monoisotopic (exact) mass is 285 g/mol. The van der Waals surface area contributed by atoms with Crippen LogP contribution in [0.5, 0.6) is 0 Å². The molecule has 21 heavy (non-hydrogen) atoms. The molecular formula is C16H19N3O2. The van der Waals surface area contributed by atoms with Crippen molar-refractivity contribution >= 4 is 5.97 Å². The van der Waals surface area contributed by atoms with Crippen LogP contribution >= 0.6 is 0 Å². The highest BCUT2D eigenvalue weighted by atomic mass is 16.5. The van der Waals surface area contributed by atoms with Gasteiger partial charge in [0, 0.05) is 18.5 Å². The summed E-state index contributed by atoms with van der Waals surface area (Å²) in [6.07, 6.45) is 2.41. The number of aryl methyl sites for hydroxylation is 1. The zero-order valence-electron chi connectivity index (χ0n) is 12.4. The zero-order valence-corrected chi connectivity index (χ0v) is 12.4. The lowest BCUT2D eigenvalue weighted by Crippen LogP contribution is -2.27. The fraction of sp³-hybridized carbons (Fsp3) is 0.438. The summed E-state index contributed by atoms with van der Waals surface area (Å²) in [5.41, 5.74) is 2.38. The van der Waals surface area contributed by atoms with Gasteiger partial charge in [0.15, 0.2) is 5.82 Å². The van der Waals surface area contributed by atoms with Crippen LogP contribution in [-0.2, 0) is 28.9 Å². The summed E-state index contributed by atoms with van der Waals surface area (Å²) in [6.45, 7) is 2.90. The molecule has 0 radical (unpaired) electrons. The van der Waals surface area contributed by atoms with Crippen molar-refractivity contribution in [3.8, 4) is 11.4 Å². The minimum absolute atomic E-state index is 0.0954. The number of rotatable bonds is 3. The molecule has 1 aromatic heterocycles. The van der Waals surface area contributed by atoms with E-state index >= 15 is 0 Å². The first-order valence-electron chi connectivity index (χ1n) is 7.32. The van der Waals surface area contributed by atoms with Gasteiger partial charge in [0.05, 0.1) is 13.0 Å². The Labute approximate surface area is 124 Å². The van der Waals surface area contributed by atoms with Gasteiger partial charge in [-0.2, -0.15) is 0 Å². The molecule has 1 aromatic carbocycles. The second-order valence-electron chi connectivity index (χ2n) is 5.35. The average Bonchev–Trinajstić information content (AvgIpc) is 2.97. The highest BCUT2D eigenvalue weighted by Gasteiger charge is 2.28. The first-order chi connectivity index (χ1) is 10.2. The van der Waals surface area contributed by atoms with Crippen molar-refractivity contribution in [1.29, 1.82) is 0 Å². The number of aromatic nitrogens is 3. The number of methoxy groups -OCH3 is 1. The highest BCUT2D eigenvalue weighted by Crippen LogP contribution is 2.26. The third-order valence-corrected chi connectivity index (χ3v) is 4.11. The lowest BCUT2D eigenvalue weighted by Gasteiger charge is -2.21. The van der Waals surface area contributed by atoms with E-state index in [-0.39, 0.29) is 11.9 Å². The number of nitrogens with zero attached hydrogens (tertiary/aromatic N) is 3. The third kappa shape index (κ3) is 2.55. The van der Waals surface area contributed by atoms with E-state index in [1.807, 2.05) is 0 Å². The van der Waals surface area contributed by atoms with Crippen LogP contribution in [0.1, 0.15) is 24.7 Å². The predicted octanol–water partition coefficient (Wildman–Crippen LogP) is 2.24. The van der Waals surface area contributed by atoms with E-state index in [9.17, 15) is 4.79 Å². The zero-order chi connectivity index (χ0) is 14.8. The summed E-state index contributed by atoms with van der Waals surface area (Å²) in [5.74, 6) is 1.50. The number of fused-ring (bicyclic) bond motifs is 1. The molecule has 1 aliphatic heterocycles.